The fourth-order valence-corrected chi connectivity index (χ4v) is 3.69. The van der Waals surface area contributed by atoms with Gasteiger partial charge in [-0.3, -0.25) is 4.21 Å². The third-order valence-corrected chi connectivity index (χ3v) is 5.11. The second-order valence-corrected chi connectivity index (χ2v) is 6.51. The Labute approximate surface area is 115 Å². The van der Waals surface area contributed by atoms with Crippen LogP contribution in [0.1, 0.15) is 36.0 Å². The number of hydrogen-bond acceptors (Lipinski definition) is 3. The topological polar surface area (TPSA) is 63.6 Å². The molecular weight excluding hydrogens is 264 g/mol. The van der Waals surface area contributed by atoms with Crippen LogP contribution < -0.4 is 4.74 Å². The van der Waals surface area contributed by atoms with Crippen LogP contribution in [0, 0.1) is 0 Å². The van der Waals surface area contributed by atoms with Gasteiger partial charge in [-0.25, -0.2) is 4.79 Å². The summed E-state index contributed by atoms with van der Waals surface area (Å²) in [6.45, 7) is 0.412. The van der Waals surface area contributed by atoms with Crippen LogP contribution >= 0.6 is 0 Å². The van der Waals surface area contributed by atoms with Gasteiger partial charge in [-0.15, -0.1) is 0 Å². The summed E-state index contributed by atoms with van der Waals surface area (Å²) in [5, 5.41) is 9.11. The Kier molecular flexibility index (Phi) is 4.96. The predicted octanol–water partition coefficient (Wildman–Crippen LogP) is 2.45. The quantitative estimate of drug-likeness (QED) is 0.870. The Hall–Kier alpha value is -1.36. The maximum absolute atomic E-state index is 11.9. The van der Waals surface area contributed by atoms with E-state index in [2.05, 4.69) is 0 Å². The van der Waals surface area contributed by atoms with Crippen LogP contribution in [-0.2, 0) is 10.8 Å². The fourth-order valence-electron chi connectivity index (χ4n) is 2.25. The molecule has 1 aliphatic rings. The van der Waals surface area contributed by atoms with E-state index in [1.54, 1.807) is 12.1 Å². The summed E-state index contributed by atoms with van der Waals surface area (Å²) in [5.74, 6) is 0.216. The smallest absolute Gasteiger partial charge is 0.335 e. The molecule has 1 unspecified atom stereocenters. The van der Waals surface area contributed by atoms with Gasteiger partial charge in [-0.05, 0) is 37.1 Å². The third kappa shape index (κ3) is 4.06. The molecular formula is C14H18O4S. The number of carboxylic acids is 1. The monoisotopic (exact) mass is 282 g/mol. The minimum atomic E-state index is -0.950. The second kappa shape index (κ2) is 6.70. The highest BCUT2D eigenvalue weighted by Crippen LogP contribution is 2.23. The van der Waals surface area contributed by atoms with Crippen LogP contribution in [0.4, 0.5) is 0 Å². The summed E-state index contributed by atoms with van der Waals surface area (Å²) in [6, 6.07) is 6.26. The summed E-state index contributed by atoms with van der Waals surface area (Å²) in [7, 11) is -0.800. The van der Waals surface area contributed by atoms with Crippen molar-refractivity contribution in [3.63, 3.8) is 0 Å². The summed E-state index contributed by atoms with van der Waals surface area (Å²) in [6.07, 6.45) is 4.52. The number of rotatable bonds is 6. The maximum atomic E-state index is 11.9. The van der Waals surface area contributed by atoms with Gasteiger partial charge < -0.3 is 9.84 Å². The van der Waals surface area contributed by atoms with Crippen molar-refractivity contribution in [2.45, 2.75) is 30.9 Å². The SMILES string of the molecule is O=C(O)c1ccc(OCCS(=O)C2CCCC2)cc1. The van der Waals surface area contributed by atoms with Gasteiger partial charge in [0.2, 0.25) is 0 Å². The zero-order chi connectivity index (χ0) is 13.7. The van der Waals surface area contributed by atoms with E-state index in [-0.39, 0.29) is 5.56 Å². The maximum Gasteiger partial charge on any atom is 0.335 e. The molecule has 1 aliphatic carbocycles. The molecule has 1 N–H and O–H groups in total. The molecule has 0 aliphatic heterocycles. The normalized spacial score (nSPS) is 17.3. The number of ether oxygens (including phenoxy) is 1. The predicted molar refractivity (Wildman–Crippen MR) is 74.2 cm³/mol. The van der Waals surface area contributed by atoms with Crippen LogP contribution in [-0.4, -0.2) is 32.9 Å². The van der Waals surface area contributed by atoms with E-state index in [0.29, 0.717) is 23.4 Å². The van der Waals surface area contributed by atoms with E-state index in [4.69, 9.17) is 9.84 Å². The lowest BCUT2D eigenvalue weighted by atomic mass is 10.2. The molecule has 4 nitrogen and oxygen atoms in total. The summed E-state index contributed by atoms with van der Waals surface area (Å²) < 4.78 is 17.4. The highest BCUT2D eigenvalue weighted by Gasteiger charge is 2.20. The molecule has 0 radical (unpaired) electrons. The number of aromatic carboxylic acids is 1. The molecule has 1 atom stereocenters. The molecule has 1 aromatic carbocycles. The standard InChI is InChI=1S/C14H18O4S/c15-14(16)11-5-7-12(8-6-11)18-9-10-19(17)13-3-1-2-4-13/h5-8,13H,1-4,9-10H2,(H,15,16). The van der Waals surface area contributed by atoms with Gasteiger partial charge in [0.05, 0.1) is 17.9 Å². The Morgan fingerprint density at radius 2 is 1.89 bits per heavy atom. The van der Waals surface area contributed by atoms with Crippen molar-refractivity contribution in [2.24, 2.45) is 0 Å². The molecule has 0 amide bonds. The van der Waals surface area contributed by atoms with Gasteiger partial charge in [-0.2, -0.15) is 0 Å². The lowest BCUT2D eigenvalue weighted by Crippen LogP contribution is -2.18. The van der Waals surface area contributed by atoms with Crippen molar-refractivity contribution in [1.82, 2.24) is 0 Å². The van der Waals surface area contributed by atoms with Gasteiger partial charge in [0, 0.05) is 16.0 Å². The molecule has 1 aromatic rings. The van der Waals surface area contributed by atoms with Gasteiger partial charge in [-0.1, -0.05) is 12.8 Å². The zero-order valence-electron chi connectivity index (χ0n) is 10.7. The molecule has 1 fully saturated rings. The third-order valence-electron chi connectivity index (χ3n) is 3.33. The van der Waals surface area contributed by atoms with Gasteiger partial charge in [0.15, 0.2) is 0 Å². The second-order valence-electron chi connectivity index (χ2n) is 4.67. The number of carbonyl (C=O) groups is 1. The lowest BCUT2D eigenvalue weighted by Gasteiger charge is -2.10. The Morgan fingerprint density at radius 1 is 1.26 bits per heavy atom. The van der Waals surface area contributed by atoms with Crippen molar-refractivity contribution in [1.29, 1.82) is 0 Å². The van der Waals surface area contributed by atoms with Gasteiger partial charge in [0.25, 0.3) is 0 Å². The van der Waals surface area contributed by atoms with Crippen LogP contribution in [0.15, 0.2) is 24.3 Å². The molecule has 0 aromatic heterocycles. The highest BCUT2D eigenvalue weighted by molar-refractivity contribution is 7.85. The van der Waals surface area contributed by atoms with Crippen molar-refractivity contribution in [2.75, 3.05) is 12.4 Å². The Morgan fingerprint density at radius 3 is 2.47 bits per heavy atom. The van der Waals surface area contributed by atoms with Gasteiger partial charge in [0.1, 0.15) is 5.75 Å². The number of carboxylic acid groups (broad SMARTS) is 1. The molecule has 1 saturated carbocycles. The minimum absolute atomic E-state index is 0.238. The average Bonchev–Trinajstić information content (AvgIpc) is 2.93. The van der Waals surface area contributed by atoms with Crippen LogP contribution in [0.25, 0.3) is 0 Å². The molecule has 0 heterocycles. The Bertz CT molecular complexity index is 449. The summed E-state index contributed by atoms with van der Waals surface area (Å²) >= 11 is 0. The molecule has 0 spiro atoms. The van der Waals surface area contributed by atoms with Crippen molar-refractivity contribution >= 4 is 16.8 Å². The Balaban J connectivity index is 1.75. The van der Waals surface area contributed by atoms with E-state index >= 15 is 0 Å². The molecule has 0 saturated heterocycles. The molecule has 0 bridgehead atoms. The zero-order valence-corrected chi connectivity index (χ0v) is 11.5. The van der Waals surface area contributed by atoms with E-state index in [1.807, 2.05) is 0 Å². The lowest BCUT2D eigenvalue weighted by molar-refractivity contribution is 0.0697. The summed E-state index contributed by atoms with van der Waals surface area (Å²) in [5.41, 5.74) is 0.238. The number of hydrogen-bond donors (Lipinski definition) is 1. The van der Waals surface area contributed by atoms with Crippen molar-refractivity contribution < 1.29 is 18.8 Å². The van der Waals surface area contributed by atoms with E-state index < -0.39 is 16.8 Å². The van der Waals surface area contributed by atoms with Crippen molar-refractivity contribution in [3.05, 3.63) is 29.8 Å². The fraction of sp³-hybridized carbons (Fsp3) is 0.500. The largest absolute Gasteiger partial charge is 0.493 e. The van der Waals surface area contributed by atoms with E-state index in [1.165, 1.54) is 25.0 Å². The molecule has 2 rings (SSSR count). The van der Waals surface area contributed by atoms with Crippen LogP contribution in [0.2, 0.25) is 0 Å². The first kappa shape index (κ1) is 14.1. The average molecular weight is 282 g/mol. The van der Waals surface area contributed by atoms with Gasteiger partial charge >= 0.3 is 5.97 Å². The number of benzene rings is 1. The first-order valence-corrected chi connectivity index (χ1v) is 7.88. The summed E-state index contributed by atoms with van der Waals surface area (Å²) in [4.78, 5) is 10.7. The first-order valence-electron chi connectivity index (χ1n) is 6.50. The molecule has 5 heteroatoms. The first-order chi connectivity index (χ1) is 9.16. The highest BCUT2D eigenvalue weighted by atomic mass is 32.2. The van der Waals surface area contributed by atoms with E-state index in [9.17, 15) is 9.00 Å². The molecule has 104 valence electrons. The van der Waals surface area contributed by atoms with Crippen molar-refractivity contribution in [3.8, 4) is 5.75 Å². The van der Waals surface area contributed by atoms with E-state index in [0.717, 1.165) is 12.8 Å². The molecule has 19 heavy (non-hydrogen) atoms. The van der Waals surface area contributed by atoms with Crippen LogP contribution in [0.3, 0.4) is 0 Å². The van der Waals surface area contributed by atoms with Crippen LogP contribution in [0.5, 0.6) is 5.75 Å². The minimum Gasteiger partial charge on any atom is -0.493 e.